The number of carboxylic acid groups (broad SMARTS) is 1. The molecule has 1 unspecified atom stereocenters. The van der Waals surface area contributed by atoms with Crippen molar-refractivity contribution in [3.05, 3.63) is 0 Å². The Morgan fingerprint density at radius 2 is 2.00 bits per heavy atom. The fourth-order valence-electron chi connectivity index (χ4n) is 1.64. The van der Waals surface area contributed by atoms with Gasteiger partial charge in [-0.2, -0.15) is 0 Å². The van der Waals surface area contributed by atoms with Crippen LogP contribution in [0, 0.1) is 0 Å². The van der Waals surface area contributed by atoms with Gasteiger partial charge in [0.2, 0.25) is 0 Å². The van der Waals surface area contributed by atoms with Gasteiger partial charge in [-0.05, 0) is 19.3 Å². The van der Waals surface area contributed by atoms with Crippen molar-refractivity contribution in [2.24, 2.45) is 5.73 Å². The smallest absolute Gasteiger partial charge is 0.320 e. The SMILES string of the molecule is NC(CCNC(=O)N1CCC(O)CC1)C(=O)O. The van der Waals surface area contributed by atoms with Gasteiger partial charge in [0.15, 0.2) is 0 Å². The molecular weight excluding hydrogens is 226 g/mol. The fraction of sp³-hybridized carbons (Fsp3) is 0.800. The molecule has 1 atom stereocenters. The van der Waals surface area contributed by atoms with E-state index in [1.807, 2.05) is 0 Å². The number of hydrogen-bond donors (Lipinski definition) is 4. The molecule has 0 aromatic rings. The van der Waals surface area contributed by atoms with E-state index in [1.165, 1.54) is 0 Å². The highest BCUT2D eigenvalue weighted by Gasteiger charge is 2.21. The van der Waals surface area contributed by atoms with E-state index in [0.29, 0.717) is 25.9 Å². The average molecular weight is 245 g/mol. The van der Waals surface area contributed by atoms with Crippen LogP contribution in [0.5, 0.6) is 0 Å². The molecule has 0 aromatic heterocycles. The van der Waals surface area contributed by atoms with Crippen LogP contribution >= 0.6 is 0 Å². The molecule has 1 rings (SSSR count). The van der Waals surface area contributed by atoms with Crippen molar-refractivity contribution in [3.8, 4) is 0 Å². The molecule has 1 saturated heterocycles. The Kier molecular flexibility index (Phi) is 5.17. The normalized spacial score (nSPS) is 18.8. The van der Waals surface area contributed by atoms with Gasteiger partial charge in [0, 0.05) is 19.6 Å². The molecule has 0 radical (unpaired) electrons. The average Bonchev–Trinajstić information content (AvgIpc) is 2.29. The molecule has 98 valence electrons. The van der Waals surface area contributed by atoms with Crippen LogP contribution in [0.2, 0.25) is 0 Å². The largest absolute Gasteiger partial charge is 0.480 e. The van der Waals surface area contributed by atoms with Crippen molar-refractivity contribution >= 4 is 12.0 Å². The summed E-state index contributed by atoms with van der Waals surface area (Å²) in [6.07, 6.45) is 1.06. The van der Waals surface area contributed by atoms with E-state index < -0.39 is 12.0 Å². The number of carboxylic acids is 1. The number of hydrogen-bond acceptors (Lipinski definition) is 4. The molecule has 0 aromatic carbocycles. The first-order chi connectivity index (χ1) is 8.00. The van der Waals surface area contributed by atoms with Crippen molar-refractivity contribution in [1.29, 1.82) is 0 Å². The number of carbonyl (C=O) groups excluding carboxylic acids is 1. The number of likely N-dealkylation sites (tertiary alicyclic amines) is 1. The summed E-state index contributed by atoms with van der Waals surface area (Å²) in [4.78, 5) is 23.6. The van der Waals surface area contributed by atoms with Crippen LogP contribution in [0.25, 0.3) is 0 Å². The highest BCUT2D eigenvalue weighted by Crippen LogP contribution is 2.09. The maximum Gasteiger partial charge on any atom is 0.320 e. The number of nitrogens with zero attached hydrogens (tertiary/aromatic N) is 1. The summed E-state index contributed by atoms with van der Waals surface area (Å²) in [5.74, 6) is -1.07. The monoisotopic (exact) mass is 245 g/mol. The van der Waals surface area contributed by atoms with Crippen molar-refractivity contribution < 1.29 is 19.8 Å². The molecule has 7 heteroatoms. The third-order valence-electron chi connectivity index (χ3n) is 2.80. The maximum absolute atomic E-state index is 11.6. The number of urea groups is 1. The van der Waals surface area contributed by atoms with Gasteiger partial charge in [-0.3, -0.25) is 4.79 Å². The molecule has 0 bridgehead atoms. The molecule has 1 fully saturated rings. The predicted molar refractivity (Wildman–Crippen MR) is 60.4 cm³/mol. The molecule has 0 spiro atoms. The Morgan fingerprint density at radius 3 is 2.53 bits per heavy atom. The zero-order chi connectivity index (χ0) is 12.8. The minimum Gasteiger partial charge on any atom is -0.480 e. The number of nitrogens with one attached hydrogen (secondary N) is 1. The van der Waals surface area contributed by atoms with Gasteiger partial charge in [-0.15, -0.1) is 0 Å². The summed E-state index contributed by atoms with van der Waals surface area (Å²) in [5.41, 5.74) is 5.30. The number of amides is 2. The highest BCUT2D eigenvalue weighted by atomic mass is 16.4. The lowest BCUT2D eigenvalue weighted by molar-refractivity contribution is -0.138. The number of carbonyl (C=O) groups is 2. The van der Waals surface area contributed by atoms with Gasteiger partial charge in [-0.25, -0.2) is 4.79 Å². The second-order valence-corrected chi connectivity index (χ2v) is 4.18. The highest BCUT2D eigenvalue weighted by molar-refractivity contribution is 5.75. The van der Waals surface area contributed by atoms with E-state index in [4.69, 9.17) is 10.8 Å². The van der Waals surface area contributed by atoms with Gasteiger partial charge < -0.3 is 26.2 Å². The predicted octanol–water partition coefficient (Wildman–Crippen LogP) is -1.05. The van der Waals surface area contributed by atoms with Gasteiger partial charge >= 0.3 is 12.0 Å². The number of aliphatic hydroxyl groups is 1. The minimum atomic E-state index is -1.07. The van der Waals surface area contributed by atoms with E-state index in [1.54, 1.807) is 4.90 Å². The van der Waals surface area contributed by atoms with E-state index >= 15 is 0 Å². The second-order valence-electron chi connectivity index (χ2n) is 4.18. The van der Waals surface area contributed by atoms with E-state index in [9.17, 15) is 14.7 Å². The second kappa shape index (κ2) is 6.41. The fourth-order valence-corrected chi connectivity index (χ4v) is 1.64. The lowest BCUT2D eigenvalue weighted by Crippen LogP contribution is -2.46. The molecule has 5 N–H and O–H groups in total. The van der Waals surface area contributed by atoms with E-state index in [0.717, 1.165) is 0 Å². The number of nitrogens with two attached hydrogens (primary N) is 1. The first-order valence-corrected chi connectivity index (χ1v) is 5.70. The topological polar surface area (TPSA) is 116 Å². The number of aliphatic hydroxyl groups excluding tert-OH is 1. The van der Waals surface area contributed by atoms with Crippen LogP contribution in [0.4, 0.5) is 4.79 Å². The van der Waals surface area contributed by atoms with E-state index in [-0.39, 0.29) is 25.1 Å². The number of rotatable bonds is 4. The van der Waals surface area contributed by atoms with Crippen LogP contribution in [0.15, 0.2) is 0 Å². The zero-order valence-electron chi connectivity index (χ0n) is 9.63. The summed E-state index contributed by atoms with van der Waals surface area (Å²) in [6.45, 7) is 1.29. The standard InChI is InChI=1S/C10H19N3O4/c11-8(9(15)16)1-4-12-10(17)13-5-2-7(14)3-6-13/h7-8,14H,1-6,11H2,(H,12,17)(H,15,16). The van der Waals surface area contributed by atoms with Gasteiger partial charge in [0.25, 0.3) is 0 Å². The van der Waals surface area contributed by atoms with Crippen LogP contribution in [0.1, 0.15) is 19.3 Å². The molecular formula is C10H19N3O4. The quantitative estimate of drug-likeness (QED) is 0.504. The molecule has 1 heterocycles. The molecule has 2 amide bonds. The number of piperidine rings is 1. The molecule has 17 heavy (non-hydrogen) atoms. The Labute approximate surface area is 99.6 Å². The van der Waals surface area contributed by atoms with Gasteiger partial charge in [0.1, 0.15) is 6.04 Å². The third kappa shape index (κ3) is 4.58. The Hall–Kier alpha value is -1.34. The third-order valence-corrected chi connectivity index (χ3v) is 2.80. The summed E-state index contributed by atoms with van der Waals surface area (Å²) in [6, 6.07) is -1.17. The first-order valence-electron chi connectivity index (χ1n) is 5.70. The lowest BCUT2D eigenvalue weighted by atomic mass is 10.1. The molecule has 0 saturated carbocycles. The minimum absolute atomic E-state index is 0.206. The van der Waals surface area contributed by atoms with Crippen LogP contribution in [0.3, 0.4) is 0 Å². The summed E-state index contributed by atoms with van der Waals surface area (Å²) in [5, 5.41) is 20.4. The first kappa shape index (κ1) is 13.7. The maximum atomic E-state index is 11.6. The Balaban J connectivity index is 2.19. The molecule has 1 aliphatic rings. The Bertz CT molecular complexity index is 277. The van der Waals surface area contributed by atoms with Crippen molar-refractivity contribution in [1.82, 2.24) is 10.2 Å². The summed E-state index contributed by atoms with van der Waals surface area (Å²) in [7, 11) is 0. The van der Waals surface area contributed by atoms with Crippen molar-refractivity contribution in [2.75, 3.05) is 19.6 Å². The molecule has 0 aliphatic carbocycles. The summed E-state index contributed by atoms with van der Waals surface area (Å²) < 4.78 is 0. The summed E-state index contributed by atoms with van der Waals surface area (Å²) >= 11 is 0. The van der Waals surface area contributed by atoms with Crippen molar-refractivity contribution in [3.63, 3.8) is 0 Å². The van der Waals surface area contributed by atoms with Crippen molar-refractivity contribution in [2.45, 2.75) is 31.4 Å². The van der Waals surface area contributed by atoms with Crippen LogP contribution < -0.4 is 11.1 Å². The lowest BCUT2D eigenvalue weighted by Gasteiger charge is -2.29. The van der Waals surface area contributed by atoms with Crippen LogP contribution in [-0.2, 0) is 4.79 Å². The van der Waals surface area contributed by atoms with Gasteiger partial charge in [-0.1, -0.05) is 0 Å². The Morgan fingerprint density at radius 1 is 1.41 bits per heavy atom. The zero-order valence-corrected chi connectivity index (χ0v) is 9.63. The van der Waals surface area contributed by atoms with E-state index in [2.05, 4.69) is 5.32 Å². The molecule has 7 nitrogen and oxygen atoms in total. The number of aliphatic carboxylic acids is 1. The van der Waals surface area contributed by atoms with Gasteiger partial charge in [0.05, 0.1) is 6.10 Å². The van der Waals surface area contributed by atoms with Crippen LogP contribution in [-0.4, -0.2) is 58.9 Å². The molecule has 1 aliphatic heterocycles.